The lowest BCUT2D eigenvalue weighted by Gasteiger charge is -2.00. The van der Waals surface area contributed by atoms with Crippen molar-refractivity contribution in [2.45, 2.75) is 38.7 Å². The van der Waals surface area contributed by atoms with Crippen LogP contribution in [0.15, 0.2) is 33.2 Å². The highest BCUT2D eigenvalue weighted by atomic mass is 32.2. The molecule has 0 aliphatic heterocycles. The Morgan fingerprint density at radius 2 is 1.79 bits per heavy atom. The molecule has 0 bridgehead atoms. The van der Waals surface area contributed by atoms with Crippen molar-refractivity contribution in [2.75, 3.05) is 0 Å². The molecule has 0 fully saturated rings. The first-order valence-corrected chi connectivity index (χ1v) is 9.14. The van der Waals surface area contributed by atoms with Crippen LogP contribution >= 0.6 is 0 Å². The van der Waals surface area contributed by atoms with Gasteiger partial charge in [-0.25, -0.2) is 4.98 Å². The van der Waals surface area contributed by atoms with Gasteiger partial charge in [-0.05, 0) is 31.9 Å². The van der Waals surface area contributed by atoms with Gasteiger partial charge in [0.2, 0.25) is 11.8 Å². The third-order valence-corrected chi connectivity index (χ3v) is 4.90. The molecule has 0 saturated heterocycles. The lowest BCUT2D eigenvalue weighted by atomic mass is 10.1. The van der Waals surface area contributed by atoms with Gasteiger partial charge in [0.1, 0.15) is 17.3 Å². The van der Waals surface area contributed by atoms with E-state index in [1.54, 1.807) is 0 Å². The van der Waals surface area contributed by atoms with E-state index in [9.17, 15) is 4.21 Å². The Balaban J connectivity index is 1.61. The molecule has 0 aliphatic rings. The third-order valence-electron chi connectivity index (χ3n) is 3.76. The SMILES string of the molecule is Cc1ccccc1Cc1noc(C[S@@](=O)Cc2nc(C)c(C)o2)n1. The van der Waals surface area contributed by atoms with Gasteiger partial charge in [-0.2, -0.15) is 4.98 Å². The van der Waals surface area contributed by atoms with Gasteiger partial charge in [-0.1, -0.05) is 29.4 Å². The van der Waals surface area contributed by atoms with E-state index in [2.05, 4.69) is 15.1 Å². The minimum absolute atomic E-state index is 0.196. The fourth-order valence-electron chi connectivity index (χ4n) is 2.33. The molecule has 0 N–H and O–H groups in total. The average Bonchev–Trinajstić information content (AvgIpc) is 3.08. The number of nitrogens with zero attached hydrogens (tertiary/aromatic N) is 3. The largest absolute Gasteiger partial charge is 0.445 e. The second-order valence-corrected chi connectivity index (χ2v) is 7.14. The summed E-state index contributed by atoms with van der Waals surface area (Å²) in [4.78, 5) is 8.57. The summed E-state index contributed by atoms with van der Waals surface area (Å²) in [6.07, 6.45) is 0.598. The number of oxazole rings is 1. The van der Waals surface area contributed by atoms with E-state index >= 15 is 0 Å². The number of benzene rings is 1. The first kappa shape index (κ1) is 16.6. The smallest absolute Gasteiger partial charge is 0.239 e. The van der Waals surface area contributed by atoms with E-state index in [-0.39, 0.29) is 11.5 Å². The highest BCUT2D eigenvalue weighted by molar-refractivity contribution is 7.83. The number of rotatable bonds is 6. The van der Waals surface area contributed by atoms with Gasteiger partial charge < -0.3 is 8.94 Å². The molecular formula is C17H19N3O3S. The molecule has 6 nitrogen and oxygen atoms in total. The van der Waals surface area contributed by atoms with Gasteiger partial charge in [-0.15, -0.1) is 0 Å². The number of hydrogen-bond donors (Lipinski definition) is 0. The van der Waals surface area contributed by atoms with Crippen molar-refractivity contribution in [3.05, 3.63) is 64.5 Å². The van der Waals surface area contributed by atoms with E-state index in [1.165, 1.54) is 5.56 Å². The number of aryl methyl sites for hydroxylation is 3. The van der Waals surface area contributed by atoms with Crippen LogP contribution in [-0.4, -0.2) is 19.3 Å². The zero-order valence-corrected chi connectivity index (χ0v) is 14.7. The van der Waals surface area contributed by atoms with Gasteiger partial charge in [0, 0.05) is 17.2 Å². The highest BCUT2D eigenvalue weighted by Gasteiger charge is 2.14. The molecule has 3 rings (SSSR count). The number of aromatic nitrogens is 3. The van der Waals surface area contributed by atoms with Gasteiger partial charge >= 0.3 is 0 Å². The average molecular weight is 345 g/mol. The molecule has 0 aliphatic carbocycles. The van der Waals surface area contributed by atoms with Gasteiger partial charge in [0.05, 0.1) is 5.69 Å². The summed E-state index contributed by atoms with van der Waals surface area (Å²) < 4.78 is 22.9. The van der Waals surface area contributed by atoms with E-state index in [4.69, 9.17) is 8.94 Å². The minimum atomic E-state index is -1.21. The molecule has 1 atom stereocenters. The summed E-state index contributed by atoms with van der Waals surface area (Å²) in [5, 5.41) is 3.97. The molecule has 2 aromatic heterocycles. The van der Waals surface area contributed by atoms with Crippen molar-refractivity contribution < 1.29 is 13.1 Å². The number of hydrogen-bond acceptors (Lipinski definition) is 6. The molecule has 0 unspecified atom stereocenters. The van der Waals surface area contributed by atoms with E-state index in [1.807, 2.05) is 45.0 Å². The van der Waals surface area contributed by atoms with Gasteiger partial charge in [-0.3, -0.25) is 4.21 Å². The third kappa shape index (κ3) is 3.97. The maximum Gasteiger partial charge on any atom is 0.239 e. The molecule has 0 amide bonds. The quantitative estimate of drug-likeness (QED) is 0.683. The normalized spacial score (nSPS) is 12.5. The minimum Gasteiger partial charge on any atom is -0.445 e. The standard InChI is InChI=1S/C17H19N3O3S/c1-11-6-4-5-7-14(11)8-15-19-17(23-20-15)10-24(21)9-16-18-12(2)13(3)22-16/h4-7H,8-10H2,1-3H3/t24-/m0/s1. The summed E-state index contributed by atoms with van der Waals surface area (Å²) in [5.41, 5.74) is 3.15. The summed E-state index contributed by atoms with van der Waals surface area (Å²) in [7, 11) is -1.21. The van der Waals surface area contributed by atoms with Crippen LogP contribution in [0, 0.1) is 20.8 Å². The molecule has 2 heterocycles. The molecule has 0 saturated carbocycles. The Morgan fingerprint density at radius 1 is 1.04 bits per heavy atom. The highest BCUT2D eigenvalue weighted by Crippen LogP contribution is 2.14. The zero-order chi connectivity index (χ0) is 17.1. The van der Waals surface area contributed by atoms with E-state index < -0.39 is 10.8 Å². The molecule has 24 heavy (non-hydrogen) atoms. The van der Waals surface area contributed by atoms with Crippen LogP contribution in [0.1, 0.15) is 40.2 Å². The molecule has 126 valence electrons. The summed E-state index contributed by atoms with van der Waals surface area (Å²) >= 11 is 0. The van der Waals surface area contributed by atoms with Crippen molar-refractivity contribution >= 4 is 10.8 Å². The van der Waals surface area contributed by atoms with Crippen LogP contribution in [0.2, 0.25) is 0 Å². The fourth-order valence-corrected chi connectivity index (χ4v) is 3.22. The van der Waals surface area contributed by atoms with Crippen LogP contribution in [0.5, 0.6) is 0 Å². The predicted octanol–water partition coefficient (Wildman–Crippen LogP) is 3.02. The molecule has 0 radical (unpaired) electrons. The zero-order valence-electron chi connectivity index (χ0n) is 13.9. The Labute approximate surface area is 142 Å². The van der Waals surface area contributed by atoms with Crippen molar-refractivity contribution in [2.24, 2.45) is 0 Å². The molecule has 3 aromatic rings. The van der Waals surface area contributed by atoms with Crippen molar-refractivity contribution in [3.63, 3.8) is 0 Å². The second kappa shape index (κ2) is 7.09. The predicted molar refractivity (Wildman–Crippen MR) is 89.8 cm³/mol. The van der Waals surface area contributed by atoms with Crippen LogP contribution < -0.4 is 0 Å². The van der Waals surface area contributed by atoms with Crippen LogP contribution in [0.25, 0.3) is 0 Å². The topological polar surface area (TPSA) is 82.0 Å². The maximum atomic E-state index is 12.2. The Morgan fingerprint density at radius 3 is 2.50 bits per heavy atom. The Kier molecular flexibility index (Phi) is 4.89. The monoisotopic (exact) mass is 345 g/mol. The Hall–Kier alpha value is -2.28. The first-order valence-electron chi connectivity index (χ1n) is 7.65. The van der Waals surface area contributed by atoms with Gasteiger partial charge in [0.25, 0.3) is 0 Å². The molecule has 0 spiro atoms. The fraction of sp³-hybridized carbons (Fsp3) is 0.353. The van der Waals surface area contributed by atoms with Crippen LogP contribution in [-0.2, 0) is 28.7 Å². The van der Waals surface area contributed by atoms with Crippen molar-refractivity contribution in [1.82, 2.24) is 15.1 Å². The summed E-state index contributed by atoms with van der Waals surface area (Å²) in [6, 6.07) is 8.07. The molecular weight excluding hydrogens is 326 g/mol. The molecule has 1 aromatic carbocycles. The summed E-state index contributed by atoms with van der Waals surface area (Å²) in [6.45, 7) is 5.75. The van der Waals surface area contributed by atoms with Crippen LogP contribution in [0.4, 0.5) is 0 Å². The van der Waals surface area contributed by atoms with Gasteiger partial charge in [0.15, 0.2) is 5.82 Å². The molecule has 7 heteroatoms. The van der Waals surface area contributed by atoms with Crippen LogP contribution in [0.3, 0.4) is 0 Å². The lowest BCUT2D eigenvalue weighted by Crippen LogP contribution is -2.01. The van der Waals surface area contributed by atoms with E-state index in [0.29, 0.717) is 24.0 Å². The first-order chi connectivity index (χ1) is 11.5. The second-order valence-electron chi connectivity index (χ2n) is 5.69. The van der Waals surface area contributed by atoms with Crippen molar-refractivity contribution in [3.8, 4) is 0 Å². The lowest BCUT2D eigenvalue weighted by molar-refractivity contribution is 0.384. The van der Waals surface area contributed by atoms with E-state index in [0.717, 1.165) is 17.0 Å². The Bertz CT molecular complexity index is 850. The maximum absolute atomic E-state index is 12.2. The summed E-state index contributed by atoms with van der Waals surface area (Å²) in [5.74, 6) is 2.63. The van der Waals surface area contributed by atoms with Crippen molar-refractivity contribution in [1.29, 1.82) is 0 Å².